The van der Waals surface area contributed by atoms with Crippen molar-refractivity contribution in [2.75, 3.05) is 39.2 Å². The van der Waals surface area contributed by atoms with Gasteiger partial charge in [-0.1, -0.05) is 11.6 Å². The summed E-state index contributed by atoms with van der Waals surface area (Å²) in [5.41, 5.74) is 0.797. The first-order valence-electron chi connectivity index (χ1n) is 6.94. The van der Waals surface area contributed by atoms with Gasteiger partial charge >= 0.3 is 5.97 Å². The van der Waals surface area contributed by atoms with Gasteiger partial charge in [0.15, 0.2) is 5.75 Å². The molecule has 130 valence electrons. The third-order valence-corrected chi connectivity index (χ3v) is 4.30. The lowest BCUT2D eigenvalue weighted by Crippen LogP contribution is -2.31. The second-order valence-corrected chi connectivity index (χ2v) is 6.16. The third-order valence-electron chi connectivity index (χ3n) is 3.43. The summed E-state index contributed by atoms with van der Waals surface area (Å²) in [7, 11) is 2.73. The van der Waals surface area contributed by atoms with Gasteiger partial charge in [-0.15, -0.1) is 0 Å². The quantitative estimate of drug-likeness (QED) is 0.684. The molecule has 0 fully saturated rings. The fourth-order valence-corrected chi connectivity index (χ4v) is 3.35. The summed E-state index contributed by atoms with van der Waals surface area (Å²) >= 11 is 9.46. The number of nitrogens with zero attached hydrogens (tertiary/aromatic N) is 1. The molecule has 0 aromatic heterocycles. The molecule has 0 bridgehead atoms. The van der Waals surface area contributed by atoms with Crippen LogP contribution in [0.25, 0.3) is 0 Å². The summed E-state index contributed by atoms with van der Waals surface area (Å²) in [6.45, 7) is -0.00951. The number of halogens is 2. The standard InChI is InChI=1S/C15H16BrClN2O5/c1-23-13-10(16)5-8(6-11(13)17)18-12-9(15(22)24-2)7-19(3-4-20)14(12)21/h5-6,18,20H,3-4,7H2,1-2H3. The minimum absolute atomic E-state index is 0.0689. The van der Waals surface area contributed by atoms with Crippen molar-refractivity contribution in [2.24, 2.45) is 0 Å². The Kier molecular flexibility index (Phi) is 6.09. The maximum Gasteiger partial charge on any atom is 0.337 e. The summed E-state index contributed by atoms with van der Waals surface area (Å²) in [5, 5.41) is 12.3. The molecular formula is C15H16BrClN2O5. The molecule has 2 rings (SSSR count). The molecule has 0 atom stereocenters. The molecule has 1 aromatic carbocycles. The molecule has 0 saturated heterocycles. The normalized spacial score (nSPS) is 14.2. The number of anilines is 1. The number of β-amino-alcohol motifs (C(OH)–C–C–N with tert-alkyl or cyclic N) is 1. The van der Waals surface area contributed by atoms with E-state index in [-0.39, 0.29) is 31.0 Å². The molecule has 1 heterocycles. The van der Waals surface area contributed by atoms with Crippen molar-refractivity contribution in [3.05, 3.63) is 32.9 Å². The number of benzene rings is 1. The highest BCUT2D eigenvalue weighted by atomic mass is 79.9. The Morgan fingerprint density at radius 2 is 2.17 bits per heavy atom. The number of esters is 1. The predicted octanol–water partition coefficient (Wildman–Crippen LogP) is 1.78. The van der Waals surface area contributed by atoms with Gasteiger partial charge in [0.05, 0.1) is 42.4 Å². The van der Waals surface area contributed by atoms with E-state index in [1.807, 2.05) is 0 Å². The number of hydrogen-bond donors (Lipinski definition) is 2. The van der Waals surface area contributed by atoms with Gasteiger partial charge in [-0.05, 0) is 28.1 Å². The van der Waals surface area contributed by atoms with Gasteiger partial charge in [0, 0.05) is 12.2 Å². The van der Waals surface area contributed by atoms with E-state index in [1.165, 1.54) is 19.1 Å². The van der Waals surface area contributed by atoms with Crippen LogP contribution in [0.5, 0.6) is 5.75 Å². The Labute approximate surface area is 152 Å². The molecule has 0 spiro atoms. The number of ether oxygens (including phenoxy) is 2. The Bertz CT molecular complexity index is 684. The van der Waals surface area contributed by atoms with Gasteiger partial charge < -0.3 is 24.8 Å². The molecule has 0 saturated carbocycles. The Morgan fingerprint density at radius 3 is 2.71 bits per heavy atom. The first kappa shape index (κ1) is 18.6. The van der Waals surface area contributed by atoms with Crippen molar-refractivity contribution in [2.45, 2.75) is 0 Å². The summed E-state index contributed by atoms with van der Waals surface area (Å²) < 4.78 is 10.5. The number of aliphatic hydroxyl groups is 1. The van der Waals surface area contributed by atoms with Gasteiger partial charge in [0.1, 0.15) is 5.70 Å². The maximum absolute atomic E-state index is 12.4. The highest BCUT2D eigenvalue weighted by Crippen LogP contribution is 2.36. The van der Waals surface area contributed by atoms with Gasteiger partial charge in [-0.25, -0.2) is 4.79 Å². The summed E-state index contributed by atoms with van der Waals surface area (Å²) in [5.74, 6) is -0.540. The first-order valence-corrected chi connectivity index (χ1v) is 8.11. The van der Waals surface area contributed by atoms with Crippen molar-refractivity contribution >= 4 is 45.1 Å². The van der Waals surface area contributed by atoms with E-state index < -0.39 is 11.9 Å². The molecule has 0 radical (unpaired) electrons. The van der Waals surface area contributed by atoms with Crippen LogP contribution < -0.4 is 10.1 Å². The van der Waals surface area contributed by atoms with E-state index in [9.17, 15) is 9.59 Å². The smallest absolute Gasteiger partial charge is 0.337 e. The molecule has 7 nitrogen and oxygen atoms in total. The van der Waals surface area contributed by atoms with Crippen molar-refractivity contribution in [1.29, 1.82) is 0 Å². The molecule has 0 unspecified atom stereocenters. The van der Waals surface area contributed by atoms with Crippen LogP contribution in [0.1, 0.15) is 0 Å². The predicted molar refractivity (Wildman–Crippen MR) is 92.0 cm³/mol. The maximum atomic E-state index is 12.4. The molecule has 1 amide bonds. The Morgan fingerprint density at radius 1 is 1.46 bits per heavy atom. The summed E-state index contributed by atoms with van der Waals surface area (Å²) in [4.78, 5) is 25.7. The number of carbonyl (C=O) groups excluding carboxylic acids is 2. The zero-order valence-corrected chi connectivity index (χ0v) is 15.4. The molecule has 1 aliphatic heterocycles. The van der Waals surface area contributed by atoms with E-state index in [2.05, 4.69) is 21.2 Å². The number of methoxy groups -OCH3 is 2. The van der Waals surface area contributed by atoms with Crippen molar-refractivity contribution in [3.63, 3.8) is 0 Å². The van der Waals surface area contributed by atoms with Gasteiger partial charge in [0.2, 0.25) is 0 Å². The second kappa shape index (κ2) is 7.87. The number of carbonyl (C=O) groups is 2. The SMILES string of the molecule is COC(=O)C1=C(Nc2cc(Cl)c(OC)c(Br)c2)C(=O)N(CCO)C1. The van der Waals surface area contributed by atoms with Gasteiger partial charge in [0.25, 0.3) is 5.91 Å². The summed E-state index contributed by atoms with van der Waals surface area (Å²) in [6.07, 6.45) is 0. The average molecular weight is 420 g/mol. The topological polar surface area (TPSA) is 88.1 Å². The zero-order chi connectivity index (χ0) is 17.9. The molecule has 1 aromatic rings. The largest absolute Gasteiger partial charge is 0.494 e. The van der Waals surface area contributed by atoms with Crippen molar-refractivity contribution in [3.8, 4) is 5.75 Å². The minimum atomic E-state index is -0.607. The van der Waals surface area contributed by atoms with E-state index >= 15 is 0 Å². The number of hydrogen-bond acceptors (Lipinski definition) is 6. The van der Waals surface area contributed by atoms with Crippen LogP contribution in [0, 0.1) is 0 Å². The van der Waals surface area contributed by atoms with Gasteiger partial charge in [-0.3, -0.25) is 4.79 Å². The molecule has 24 heavy (non-hydrogen) atoms. The minimum Gasteiger partial charge on any atom is -0.494 e. The van der Waals surface area contributed by atoms with Crippen LogP contribution in [0.3, 0.4) is 0 Å². The fraction of sp³-hybridized carbons (Fsp3) is 0.333. The van der Waals surface area contributed by atoms with Crippen LogP contribution in [-0.4, -0.2) is 55.8 Å². The molecule has 1 aliphatic rings. The van der Waals surface area contributed by atoms with Crippen LogP contribution in [0.2, 0.25) is 5.02 Å². The zero-order valence-electron chi connectivity index (χ0n) is 13.1. The lowest BCUT2D eigenvalue weighted by Gasteiger charge is -2.15. The van der Waals surface area contributed by atoms with E-state index in [1.54, 1.807) is 12.1 Å². The van der Waals surface area contributed by atoms with Crippen LogP contribution >= 0.6 is 27.5 Å². The van der Waals surface area contributed by atoms with Crippen LogP contribution in [0.15, 0.2) is 27.9 Å². The molecular weight excluding hydrogens is 404 g/mol. The average Bonchev–Trinajstić information content (AvgIpc) is 2.84. The number of nitrogens with one attached hydrogen (secondary N) is 1. The van der Waals surface area contributed by atoms with Crippen LogP contribution in [-0.2, 0) is 14.3 Å². The highest BCUT2D eigenvalue weighted by molar-refractivity contribution is 9.10. The molecule has 0 aliphatic carbocycles. The van der Waals surface area contributed by atoms with Crippen molar-refractivity contribution in [1.82, 2.24) is 4.90 Å². The lowest BCUT2D eigenvalue weighted by molar-refractivity contribution is -0.136. The van der Waals surface area contributed by atoms with E-state index in [0.717, 1.165) is 0 Å². The van der Waals surface area contributed by atoms with Crippen LogP contribution in [0.4, 0.5) is 5.69 Å². The number of aliphatic hydroxyl groups excluding tert-OH is 1. The second-order valence-electron chi connectivity index (χ2n) is 4.89. The lowest BCUT2D eigenvalue weighted by atomic mass is 10.2. The highest BCUT2D eigenvalue weighted by Gasteiger charge is 2.34. The summed E-state index contributed by atoms with van der Waals surface area (Å²) in [6, 6.07) is 3.25. The van der Waals surface area contributed by atoms with Crippen molar-refractivity contribution < 1.29 is 24.2 Å². The Hall–Kier alpha value is -1.77. The number of rotatable bonds is 6. The first-order chi connectivity index (χ1) is 11.4. The number of amides is 1. The third kappa shape index (κ3) is 3.66. The van der Waals surface area contributed by atoms with Gasteiger partial charge in [-0.2, -0.15) is 0 Å². The molecule has 2 N–H and O–H groups in total. The molecule has 9 heteroatoms. The fourth-order valence-electron chi connectivity index (χ4n) is 2.32. The van der Waals surface area contributed by atoms with E-state index in [4.69, 9.17) is 26.2 Å². The van der Waals surface area contributed by atoms with E-state index in [0.29, 0.717) is 20.9 Å². The monoisotopic (exact) mass is 418 g/mol. The Balaban J connectivity index is 2.37.